The summed E-state index contributed by atoms with van der Waals surface area (Å²) in [7, 11) is 0. The minimum absolute atomic E-state index is 0.951. The Balaban J connectivity index is 1.33. The van der Waals surface area contributed by atoms with Gasteiger partial charge < -0.3 is 0 Å². The number of hydrogen-bond donors (Lipinski definition) is 0. The first kappa shape index (κ1) is 18.9. The second kappa shape index (κ2) is 9.18. The Hall–Kier alpha value is -2.43. The van der Waals surface area contributed by atoms with Gasteiger partial charge in [-0.15, -0.1) is 0 Å². The third kappa shape index (κ3) is 4.89. The molecule has 0 spiro atoms. The molecule has 0 aliphatic carbocycles. The van der Waals surface area contributed by atoms with Gasteiger partial charge >= 0.3 is 0 Å². The number of rotatable bonds is 5. The minimum Gasteiger partial charge on any atom is -0.295 e. The highest BCUT2D eigenvalue weighted by molar-refractivity contribution is 9.12. The van der Waals surface area contributed by atoms with E-state index in [4.69, 9.17) is 0 Å². The van der Waals surface area contributed by atoms with E-state index in [-0.39, 0.29) is 0 Å². The highest BCUT2D eigenvalue weighted by Gasteiger charge is 2.16. The zero-order chi connectivity index (χ0) is 19.2. The van der Waals surface area contributed by atoms with E-state index in [1.807, 2.05) is 24.4 Å². The Kier molecular flexibility index (Phi) is 6.20. The minimum atomic E-state index is 0.951. The molecule has 0 atom stereocenters. The molecule has 4 heteroatoms. The number of benzene rings is 3. The third-order valence-electron chi connectivity index (χ3n) is 5.07. The number of hydrogen-bond acceptors (Lipinski definition) is 3. The van der Waals surface area contributed by atoms with Crippen molar-refractivity contribution < 1.29 is 0 Å². The molecular weight excluding hydrogens is 410 g/mol. The van der Waals surface area contributed by atoms with Crippen molar-refractivity contribution in [3.63, 3.8) is 0 Å². The molecule has 1 heterocycles. The molecule has 0 bridgehead atoms. The molecule has 1 fully saturated rings. The van der Waals surface area contributed by atoms with Crippen LogP contribution in [0.2, 0.25) is 0 Å². The van der Waals surface area contributed by atoms with Crippen LogP contribution in [0.4, 0.5) is 0 Å². The van der Waals surface area contributed by atoms with Crippen molar-refractivity contribution in [1.29, 1.82) is 0 Å². The van der Waals surface area contributed by atoms with Gasteiger partial charge in [0.25, 0.3) is 0 Å². The summed E-state index contributed by atoms with van der Waals surface area (Å²) in [6.45, 7) is 4.96. The predicted molar refractivity (Wildman–Crippen MR) is 123 cm³/mol. The topological polar surface area (TPSA) is 18.8 Å². The highest BCUT2D eigenvalue weighted by Crippen LogP contribution is 2.20. The maximum atomic E-state index is 4.64. The smallest absolute Gasteiger partial charge is 0.0612 e. The Labute approximate surface area is 175 Å². The average Bonchev–Trinajstić information content (AvgIpc) is 2.74. The van der Waals surface area contributed by atoms with Gasteiger partial charge in [-0.05, 0) is 43.9 Å². The second-order valence-corrected chi connectivity index (χ2v) is 7.97. The molecule has 1 aliphatic heterocycles. The van der Waals surface area contributed by atoms with Crippen LogP contribution in [0, 0.1) is 0 Å². The monoisotopic (exact) mass is 433 g/mol. The summed E-state index contributed by atoms with van der Waals surface area (Å²) in [4.78, 5) is 2.52. The lowest BCUT2D eigenvalue weighted by Gasteiger charge is -2.33. The van der Waals surface area contributed by atoms with Crippen molar-refractivity contribution in [1.82, 2.24) is 9.91 Å². The molecule has 4 rings (SSSR count). The molecule has 142 valence electrons. The van der Waals surface area contributed by atoms with Gasteiger partial charge in [-0.1, -0.05) is 72.8 Å². The first-order valence-electron chi connectivity index (χ1n) is 9.68. The van der Waals surface area contributed by atoms with Gasteiger partial charge in [0.05, 0.1) is 6.21 Å². The summed E-state index contributed by atoms with van der Waals surface area (Å²) in [6.07, 6.45) is 3.98. The number of hydrazone groups is 1. The van der Waals surface area contributed by atoms with Crippen molar-refractivity contribution in [2.75, 3.05) is 26.2 Å². The van der Waals surface area contributed by atoms with Crippen LogP contribution in [0.15, 0.2) is 82.4 Å². The first-order valence-corrected chi connectivity index (χ1v) is 10.5. The van der Waals surface area contributed by atoms with E-state index in [2.05, 4.69) is 91.6 Å². The van der Waals surface area contributed by atoms with Crippen LogP contribution in [0.25, 0.3) is 16.8 Å². The molecule has 3 aromatic carbocycles. The van der Waals surface area contributed by atoms with Crippen LogP contribution in [0.3, 0.4) is 0 Å². The number of allylic oxidation sites excluding steroid dienone is 1. The van der Waals surface area contributed by atoms with E-state index >= 15 is 0 Å². The SMILES string of the molecule is BrC(=C\c1ccccc1)/C=N/N1CCN(Cc2cccc3ccccc23)CC1. The summed E-state index contributed by atoms with van der Waals surface area (Å²) in [5.74, 6) is 0. The van der Waals surface area contributed by atoms with E-state index in [0.717, 1.165) is 37.2 Å². The summed E-state index contributed by atoms with van der Waals surface area (Å²) in [5.41, 5.74) is 2.57. The number of piperazine rings is 1. The van der Waals surface area contributed by atoms with Crippen LogP contribution in [-0.4, -0.2) is 42.3 Å². The van der Waals surface area contributed by atoms with Crippen LogP contribution in [-0.2, 0) is 6.54 Å². The van der Waals surface area contributed by atoms with E-state index in [0.29, 0.717) is 0 Å². The third-order valence-corrected chi connectivity index (χ3v) is 5.50. The zero-order valence-electron chi connectivity index (χ0n) is 15.8. The van der Waals surface area contributed by atoms with Crippen molar-refractivity contribution in [2.24, 2.45) is 5.10 Å². The highest BCUT2D eigenvalue weighted by atomic mass is 79.9. The quantitative estimate of drug-likeness (QED) is 0.503. The fourth-order valence-corrected chi connectivity index (χ4v) is 3.92. The van der Waals surface area contributed by atoms with E-state index in [1.54, 1.807) is 0 Å². The van der Waals surface area contributed by atoms with Crippen molar-refractivity contribution in [3.8, 4) is 0 Å². The molecule has 0 saturated carbocycles. The van der Waals surface area contributed by atoms with E-state index in [1.165, 1.54) is 21.9 Å². The summed E-state index contributed by atoms with van der Waals surface area (Å²) in [5, 5.41) is 9.47. The normalized spacial score (nSPS) is 16.2. The van der Waals surface area contributed by atoms with Crippen molar-refractivity contribution in [3.05, 3.63) is 88.4 Å². The van der Waals surface area contributed by atoms with E-state index < -0.39 is 0 Å². The molecule has 0 aromatic heterocycles. The maximum Gasteiger partial charge on any atom is 0.0612 e. The van der Waals surface area contributed by atoms with Gasteiger partial charge in [0.2, 0.25) is 0 Å². The Bertz CT molecular complexity index is 968. The summed E-state index contributed by atoms with van der Waals surface area (Å²) >= 11 is 3.60. The van der Waals surface area contributed by atoms with Gasteiger partial charge in [-0.3, -0.25) is 9.91 Å². The largest absolute Gasteiger partial charge is 0.295 e. The standard InChI is InChI=1S/C24H24BrN3/c25-23(17-20-7-2-1-3-8-20)18-26-28-15-13-27(14-16-28)19-22-11-6-10-21-9-4-5-12-24(21)22/h1-12,17-18H,13-16,19H2/b23-17-,26-18+. The lowest BCUT2D eigenvalue weighted by Crippen LogP contribution is -2.43. The molecule has 3 aromatic rings. The summed E-state index contributed by atoms with van der Waals surface area (Å²) < 4.78 is 0.983. The van der Waals surface area contributed by atoms with Gasteiger partial charge in [-0.25, -0.2) is 0 Å². The first-order chi connectivity index (χ1) is 13.8. The van der Waals surface area contributed by atoms with Crippen LogP contribution >= 0.6 is 15.9 Å². The molecule has 3 nitrogen and oxygen atoms in total. The fourth-order valence-electron chi connectivity index (χ4n) is 3.56. The van der Waals surface area contributed by atoms with Gasteiger partial charge in [0.15, 0.2) is 0 Å². The fraction of sp³-hybridized carbons (Fsp3) is 0.208. The van der Waals surface area contributed by atoms with E-state index in [9.17, 15) is 0 Å². The molecule has 0 unspecified atom stereocenters. The van der Waals surface area contributed by atoms with Crippen molar-refractivity contribution >= 4 is 39.0 Å². The average molecular weight is 434 g/mol. The van der Waals surface area contributed by atoms with Crippen LogP contribution in [0.5, 0.6) is 0 Å². The molecular formula is C24H24BrN3. The second-order valence-electron chi connectivity index (χ2n) is 7.05. The molecule has 28 heavy (non-hydrogen) atoms. The predicted octanol–water partition coefficient (Wildman–Crippen LogP) is 5.38. The Morgan fingerprint density at radius 1 is 0.857 bits per heavy atom. The molecule has 0 N–H and O–H groups in total. The van der Waals surface area contributed by atoms with Gasteiger partial charge in [-0.2, -0.15) is 5.10 Å². The Morgan fingerprint density at radius 3 is 2.39 bits per heavy atom. The van der Waals surface area contributed by atoms with Crippen LogP contribution in [0.1, 0.15) is 11.1 Å². The maximum absolute atomic E-state index is 4.64. The van der Waals surface area contributed by atoms with Crippen molar-refractivity contribution in [2.45, 2.75) is 6.54 Å². The van der Waals surface area contributed by atoms with Gasteiger partial charge in [0, 0.05) is 37.2 Å². The lowest BCUT2D eigenvalue weighted by atomic mass is 10.0. The molecule has 1 aliphatic rings. The zero-order valence-corrected chi connectivity index (χ0v) is 17.4. The lowest BCUT2D eigenvalue weighted by molar-refractivity contribution is 0.131. The molecule has 0 radical (unpaired) electrons. The number of fused-ring (bicyclic) bond motifs is 1. The summed E-state index contributed by atoms with van der Waals surface area (Å²) in [6, 6.07) is 25.5. The number of nitrogens with zero attached hydrogens (tertiary/aromatic N) is 3. The van der Waals surface area contributed by atoms with Crippen LogP contribution < -0.4 is 0 Å². The number of halogens is 1. The Morgan fingerprint density at radius 2 is 1.57 bits per heavy atom. The molecule has 0 amide bonds. The van der Waals surface area contributed by atoms with Gasteiger partial charge in [0.1, 0.15) is 0 Å². The molecule has 1 saturated heterocycles.